The summed E-state index contributed by atoms with van der Waals surface area (Å²) in [6, 6.07) is 6.03. The highest BCUT2D eigenvalue weighted by atomic mass is 32.2. The first-order chi connectivity index (χ1) is 12.8. The Morgan fingerprint density at radius 3 is 2.59 bits per heavy atom. The molecule has 1 saturated heterocycles. The van der Waals surface area contributed by atoms with E-state index in [0.717, 1.165) is 29.8 Å². The van der Waals surface area contributed by atoms with Crippen LogP contribution in [-0.2, 0) is 17.1 Å². The molecule has 2 heterocycles. The number of carbonyl (C=O) groups excluding carboxylic acids is 1. The second kappa shape index (κ2) is 7.61. The Bertz CT molecular complexity index is 988. The molecule has 0 atom stereocenters. The van der Waals surface area contributed by atoms with Gasteiger partial charge in [-0.05, 0) is 44.9 Å². The van der Waals surface area contributed by atoms with Crippen LogP contribution in [0.5, 0.6) is 0 Å². The van der Waals surface area contributed by atoms with Gasteiger partial charge in [0, 0.05) is 37.0 Å². The average molecular weight is 389 g/mol. The second-order valence-electron chi connectivity index (χ2n) is 6.55. The Hall–Kier alpha value is -2.52. The molecular formula is C18H23N5O3S. The third kappa shape index (κ3) is 3.93. The lowest BCUT2D eigenvalue weighted by Gasteiger charge is -2.15. The van der Waals surface area contributed by atoms with Crippen LogP contribution in [0, 0.1) is 13.8 Å². The fourth-order valence-corrected chi connectivity index (χ4v) is 4.64. The van der Waals surface area contributed by atoms with Gasteiger partial charge in [-0.25, -0.2) is 13.8 Å². The first-order valence-corrected chi connectivity index (χ1v) is 10.2. The molecule has 1 amide bonds. The van der Waals surface area contributed by atoms with Crippen LogP contribution in [0.1, 0.15) is 40.2 Å². The van der Waals surface area contributed by atoms with Crippen LogP contribution in [0.4, 0.5) is 0 Å². The number of nitrogens with zero attached hydrogens (tertiary/aromatic N) is 4. The molecule has 3 rings (SSSR count). The quantitative estimate of drug-likeness (QED) is 0.620. The van der Waals surface area contributed by atoms with Gasteiger partial charge in [0.1, 0.15) is 0 Å². The molecule has 9 heteroatoms. The molecule has 0 aliphatic carbocycles. The van der Waals surface area contributed by atoms with Gasteiger partial charge in [0.05, 0.1) is 16.8 Å². The molecule has 1 N–H and O–H groups in total. The van der Waals surface area contributed by atoms with Gasteiger partial charge in [-0.15, -0.1) is 0 Å². The average Bonchev–Trinajstić information content (AvgIpc) is 3.27. The van der Waals surface area contributed by atoms with E-state index >= 15 is 0 Å². The Labute approximate surface area is 158 Å². The van der Waals surface area contributed by atoms with E-state index in [1.165, 1.54) is 16.4 Å². The highest BCUT2D eigenvalue weighted by Crippen LogP contribution is 2.21. The number of aryl methyl sites for hydroxylation is 2. The molecule has 1 aliphatic rings. The zero-order valence-corrected chi connectivity index (χ0v) is 16.5. The molecule has 1 aromatic heterocycles. The van der Waals surface area contributed by atoms with Gasteiger partial charge in [-0.3, -0.25) is 9.48 Å². The van der Waals surface area contributed by atoms with Crippen LogP contribution in [0.3, 0.4) is 0 Å². The van der Waals surface area contributed by atoms with E-state index in [9.17, 15) is 13.2 Å². The third-order valence-electron chi connectivity index (χ3n) is 4.72. The van der Waals surface area contributed by atoms with Gasteiger partial charge >= 0.3 is 0 Å². The van der Waals surface area contributed by atoms with Gasteiger partial charge in [0.2, 0.25) is 10.0 Å². The number of nitrogens with one attached hydrogen (secondary N) is 1. The normalized spacial score (nSPS) is 15.5. The number of hydrazone groups is 1. The largest absolute Gasteiger partial charge is 0.272 e. The summed E-state index contributed by atoms with van der Waals surface area (Å²) in [7, 11) is -1.72. The summed E-state index contributed by atoms with van der Waals surface area (Å²) >= 11 is 0. The standard InChI is InChI=1S/C18H23N5O3S/c1-13-17(14(2)22(3)21-13)12-19-20-18(24)15-7-6-8-16(11-15)27(25,26)23-9-4-5-10-23/h6-8,11-12H,4-5,9-10H2,1-3H3,(H,20,24)/b19-12-. The van der Waals surface area contributed by atoms with Crippen molar-refractivity contribution in [3.8, 4) is 0 Å². The Morgan fingerprint density at radius 2 is 1.96 bits per heavy atom. The van der Waals surface area contributed by atoms with Crippen LogP contribution in [-0.4, -0.2) is 47.7 Å². The maximum Gasteiger partial charge on any atom is 0.271 e. The molecule has 0 bridgehead atoms. The summed E-state index contributed by atoms with van der Waals surface area (Å²) in [5, 5.41) is 8.27. The molecule has 0 saturated carbocycles. The van der Waals surface area contributed by atoms with E-state index in [1.807, 2.05) is 20.9 Å². The van der Waals surface area contributed by atoms with Crippen LogP contribution in [0.15, 0.2) is 34.3 Å². The number of hydrogen-bond donors (Lipinski definition) is 1. The monoisotopic (exact) mass is 389 g/mol. The van der Waals surface area contributed by atoms with E-state index < -0.39 is 15.9 Å². The molecule has 0 unspecified atom stereocenters. The summed E-state index contributed by atoms with van der Waals surface area (Å²) in [6.07, 6.45) is 3.27. The molecule has 27 heavy (non-hydrogen) atoms. The molecule has 0 spiro atoms. The Balaban J connectivity index is 1.75. The summed E-state index contributed by atoms with van der Waals surface area (Å²) in [5.41, 5.74) is 5.27. The number of aromatic nitrogens is 2. The van der Waals surface area contributed by atoms with Crippen molar-refractivity contribution in [3.63, 3.8) is 0 Å². The topological polar surface area (TPSA) is 96.7 Å². The van der Waals surface area contributed by atoms with E-state index in [4.69, 9.17) is 0 Å². The van der Waals surface area contributed by atoms with E-state index in [-0.39, 0.29) is 10.5 Å². The lowest BCUT2D eigenvalue weighted by Crippen LogP contribution is -2.28. The fraction of sp³-hybridized carbons (Fsp3) is 0.389. The van der Waals surface area contributed by atoms with Crippen LogP contribution in [0.25, 0.3) is 0 Å². The van der Waals surface area contributed by atoms with Gasteiger partial charge in [0.25, 0.3) is 5.91 Å². The fourth-order valence-electron chi connectivity index (χ4n) is 3.07. The maximum atomic E-state index is 12.6. The molecule has 1 fully saturated rings. The third-order valence-corrected chi connectivity index (χ3v) is 6.62. The smallest absolute Gasteiger partial charge is 0.271 e. The van der Waals surface area contributed by atoms with Crippen LogP contribution in [0.2, 0.25) is 0 Å². The van der Waals surface area contributed by atoms with Crippen molar-refractivity contribution in [1.29, 1.82) is 0 Å². The lowest BCUT2D eigenvalue weighted by molar-refractivity contribution is 0.0955. The van der Waals surface area contributed by atoms with Crippen molar-refractivity contribution in [3.05, 3.63) is 46.8 Å². The zero-order valence-electron chi connectivity index (χ0n) is 15.6. The van der Waals surface area contributed by atoms with Gasteiger partial charge in [-0.1, -0.05) is 6.07 Å². The Kier molecular flexibility index (Phi) is 5.43. The molecule has 1 aliphatic heterocycles. The molecule has 1 aromatic carbocycles. The zero-order chi connectivity index (χ0) is 19.6. The predicted molar refractivity (Wildman–Crippen MR) is 102 cm³/mol. The number of benzene rings is 1. The van der Waals surface area contributed by atoms with Gasteiger partial charge in [0.15, 0.2) is 0 Å². The predicted octanol–water partition coefficient (Wildman–Crippen LogP) is 1.59. The SMILES string of the molecule is Cc1nn(C)c(C)c1/C=N\NC(=O)c1cccc(S(=O)(=O)N2CCCC2)c1. The minimum Gasteiger partial charge on any atom is -0.272 e. The first-order valence-electron chi connectivity index (χ1n) is 8.74. The molecule has 0 radical (unpaired) electrons. The molecule has 144 valence electrons. The highest BCUT2D eigenvalue weighted by molar-refractivity contribution is 7.89. The molecule has 2 aromatic rings. The van der Waals surface area contributed by atoms with Crippen molar-refractivity contribution in [2.24, 2.45) is 12.1 Å². The van der Waals surface area contributed by atoms with E-state index in [0.29, 0.717) is 13.1 Å². The Morgan fingerprint density at radius 1 is 1.26 bits per heavy atom. The minimum atomic E-state index is -3.56. The molecule has 8 nitrogen and oxygen atoms in total. The van der Waals surface area contributed by atoms with Crippen LogP contribution < -0.4 is 5.43 Å². The van der Waals surface area contributed by atoms with Gasteiger partial charge in [-0.2, -0.15) is 14.5 Å². The van der Waals surface area contributed by atoms with Crippen molar-refractivity contribution in [2.75, 3.05) is 13.1 Å². The van der Waals surface area contributed by atoms with E-state index in [1.54, 1.807) is 23.0 Å². The summed E-state index contributed by atoms with van der Waals surface area (Å²) < 4.78 is 28.5. The van der Waals surface area contributed by atoms with Crippen LogP contribution >= 0.6 is 0 Å². The van der Waals surface area contributed by atoms with Crippen molar-refractivity contribution >= 4 is 22.1 Å². The number of carbonyl (C=O) groups is 1. The van der Waals surface area contributed by atoms with E-state index in [2.05, 4.69) is 15.6 Å². The maximum absolute atomic E-state index is 12.6. The first kappa shape index (κ1) is 19.2. The van der Waals surface area contributed by atoms with Crippen molar-refractivity contribution in [1.82, 2.24) is 19.5 Å². The summed E-state index contributed by atoms with van der Waals surface area (Å²) in [6.45, 7) is 4.82. The van der Waals surface area contributed by atoms with Crippen molar-refractivity contribution in [2.45, 2.75) is 31.6 Å². The minimum absolute atomic E-state index is 0.125. The number of hydrogen-bond acceptors (Lipinski definition) is 5. The lowest BCUT2D eigenvalue weighted by atomic mass is 10.2. The second-order valence-corrected chi connectivity index (χ2v) is 8.48. The number of amides is 1. The molecular weight excluding hydrogens is 366 g/mol. The summed E-state index contributed by atoms with van der Waals surface area (Å²) in [5.74, 6) is -0.469. The summed E-state index contributed by atoms with van der Waals surface area (Å²) in [4.78, 5) is 12.5. The van der Waals surface area contributed by atoms with Gasteiger partial charge < -0.3 is 0 Å². The van der Waals surface area contributed by atoms with Crippen molar-refractivity contribution < 1.29 is 13.2 Å². The highest BCUT2D eigenvalue weighted by Gasteiger charge is 2.27. The number of rotatable bonds is 5. The number of sulfonamides is 1.